The molecule has 108 valence electrons. The predicted octanol–water partition coefficient (Wildman–Crippen LogP) is 2.55. The second-order valence-electron chi connectivity index (χ2n) is 5.15. The first-order valence-electron chi connectivity index (χ1n) is 6.55. The van der Waals surface area contributed by atoms with Crippen LogP contribution in [0, 0.1) is 17.2 Å². The van der Waals surface area contributed by atoms with Gasteiger partial charge in [0.15, 0.2) is 0 Å². The summed E-state index contributed by atoms with van der Waals surface area (Å²) in [6, 6.07) is 9.97. The first-order valence-corrected chi connectivity index (χ1v) is 7.34. The fourth-order valence-electron chi connectivity index (χ4n) is 1.90. The SMILES string of the molecule is CC(C)[C@@](C)(NCC(=O)NCC#N)c1ccc(Br)cc1. The van der Waals surface area contributed by atoms with Gasteiger partial charge in [0.1, 0.15) is 6.54 Å². The van der Waals surface area contributed by atoms with Crippen molar-refractivity contribution in [2.45, 2.75) is 26.3 Å². The maximum absolute atomic E-state index is 11.6. The van der Waals surface area contributed by atoms with Crippen molar-refractivity contribution in [2.24, 2.45) is 5.92 Å². The summed E-state index contributed by atoms with van der Waals surface area (Å²) in [4.78, 5) is 11.6. The van der Waals surface area contributed by atoms with Gasteiger partial charge in [0.25, 0.3) is 0 Å². The van der Waals surface area contributed by atoms with Crippen LogP contribution in [0.25, 0.3) is 0 Å². The molecule has 4 nitrogen and oxygen atoms in total. The third-order valence-electron chi connectivity index (χ3n) is 3.58. The van der Waals surface area contributed by atoms with Crippen LogP contribution in [0.2, 0.25) is 0 Å². The lowest BCUT2D eigenvalue weighted by Crippen LogP contribution is -2.48. The molecular formula is C15H20BrN3O. The first kappa shape index (κ1) is 16.7. The average molecular weight is 338 g/mol. The number of amides is 1. The van der Waals surface area contributed by atoms with Crippen LogP contribution in [0.1, 0.15) is 26.3 Å². The van der Waals surface area contributed by atoms with Crippen molar-refractivity contribution in [3.63, 3.8) is 0 Å². The summed E-state index contributed by atoms with van der Waals surface area (Å²) in [7, 11) is 0. The number of nitrogens with zero attached hydrogens (tertiary/aromatic N) is 1. The van der Waals surface area contributed by atoms with E-state index in [2.05, 4.69) is 47.3 Å². The average Bonchev–Trinajstić information content (AvgIpc) is 2.43. The summed E-state index contributed by atoms with van der Waals surface area (Å²) in [6.07, 6.45) is 0. The molecule has 20 heavy (non-hydrogen) atoms. The molecule has 0 spiro atoms. The smallest absolute Gasteiger partial charge is 0.234 e. The summed E-state index contributed by atoms with van der Waals surface area (Å²) < 4.78 is 1.03. The monoisotopic (exact) mass is 337 g/mol. The zero-order chi connectivity index (χ0) is 15.2. The molecule has 0 unspecified atom stereocenters. The minimum atomic E-state index is -0.301. The lowest BCUT2D eigenvalue weighted by atomic mass is 9.81. The molecule has 0 radical (unpaired) electrons. The van der Waals surface area contributed by atoms with Crippen LogP contribution in [0.3, 0.4) is 0 Å². The van der Waals surface area contributed by atoms with Crippen molar-refractivity contribution in [1.82, 2.24) is 10.6 Å². The van der Waals surface area contributed by atoms with E-state index in [1.54, 1.807) is 0 Å². The van der Waals surface area contributed by atoms with Gasteiger partial charge in [-0.25, -0.2) is 0 Å². The van der Waals surface area contributed by atoms with E-state index in [-0.39, 0.29) is 24.5 Å². The molecule has 1 amide bonds. The van der Waals surface area contributed by atoms with Gasteiger partial charge in [-0.2, -0.15) is 5.26 Å². The molecule has 1 rings (SSSR count). The Morgan fingerprint density at radius 1 is 1.40 bits per heavy atom. The van der Waals surface area contributed by atoms with Crippen LogP contribution in [0.5, 0.6) is 0 Å². The van der Waals surface area contributed by atoms with E-state index >= 15 is 0 Å². The molecule has 0 aliphatic carbocycles. The number of hydrogen-bond donors (Lipinski definition) is 2. The molecular weight excluding hydrogens is 318 g/mol. The van der Waals surface area contributed by atoms with Gasteiger partial charge in [0.05, 0.1) is 12.6 Å². The fourth-order valence-corrected chi connectivity index (χ4v) is 2.16. The van der Waals surface area contributed by atoms with E-state index in [0.717, 1.165) is 10.0 Å². The highest BCUT2D eigenvalue weighted by Gasteiger charge is 2.30. The van der Waals surface area contributed by atoms with Gasteiger partial charge in [-0.3, -0.25) is 10.1 Å². The number of nitriles is 1. The van der Waals surface area contributed by atoms with Gasteiger partial charge < -0.3 is 5.32 Å². The Labute approximate surface area is 128 Å². The van der Waals surface area contributed by atoms with Crippen LogP contribution in [-0.2, 0) is 10.3 Å². The summed E-state index contributed by atoms with van der Waals surface area (Å²) in [5, 5.41) is 14.3. The molecule has 1 atom stereocenters. The maximum Gasteiger partial charge on any atom is 0.234 e. The summed E-state index contributed by atoms with van der Waals surface area (Å²) >= 11 is 3.42. The highest BCUT2D eigenvalue weighted by Crippen LogP contribution is 2.29. The molecule has 5 heteroatoms. The van der Waals surface area contributed by atoms with Crippen molar-refractivity contribution in [3.8, 4) is 6.07 Å². The standard InChI is InChI=1S/C15H20BrN3O/c1-11(2)15(3,12-4-6-13(16)7-5-12)19-10-14(20)18-9-8-17/h4-7,11,19H,9-10H2,1-3H3,(H,18,20)/t15-/m1/s1. The molecule has 0 bridgehead atoms. The third kappa shape index (κ3) is 4.32. The van der Waals surface area contributed by atoms with E-state index in [0.29, 0.717) is 5.92 Å². The van der Waals surface area contributed by atoms with Gasteiger partial charge in [0, 0.05) is 10.0 Å². The summed E-state index contributed by atoms with van der Waals surface area (Å²) in [5.41, 5.74) is 0.828. The van der Waals surface area contributed by atoms with Crippen molar-refractivity contribution in [2.75, 3.05) is 13.1 Å². The summed E-state index contributed by atoms with van der Waals surface area (Å²) in [6.45, 7) is 6.53. The van der Waals surface area contributed by atoms with Gasteiger partial charge in [-0.15, -0.1) is 0 Å². The highest BCUT2D eigenvalue weighted by molar-refractivity contribution is 9.10. The van der Waals surface area contributed by atoms with Gasteiger partial charge in [0.2, 0.25) is 5.91 Å². The zero-order valence-electron chi connectivity index (χ0n) is 12.0. The van der Waals surface area contributed by atoms with Crippen LogP contribution in [0.4, 0.5) is 0 Å². The number of benzene rings is 1. The van der Waals surface area contributed by atoms with Crippen molar-refractivity contribution in [1.29, 1.82) is 5.26 Å². The molecule has 0 saturated carbocycles. The number of carbonyl (C=O) groups is 1. The maximum atomic E-state index is 11.6. The molecule has 0 aliphatic rings. The molecule has 0 aromatic heterocycles. The van der Waals surface area contributed by atoms with E-state index < -0.39 is 0 Å². The Morgan fingerprint density at radius 3 is 2.50 bits per heavy atom. The van der Waals surface area contributed by atoms with Crippen LogP contribution < -0.4 is 10.6 Å². The molecule has 0 saturated heterocycles. The normalized spacial score (nSPS) is 13.6. The van der Waals surface area contributed by atoms with Gasteiger partial charge >= 0.3 is 0 Å². The van der Waals surface area contributed by atoms with Crippen LogP contribution in [-0.4, -0.2) is 19.0 Å². The quantitative estimate of drug-likeness (QED) is 0.784. The second-order valence-corrected chi connectivity index (χ2v) is 6.07. The number of hydrogen-bond acceptors (Lipinski definition) is 3. The van der Waals surface area contributed by atoms with Crippen molar-refractivity contribution in [3.05, 3.63) is 34.3 Å². The van der Waals surface area contributed by atoms with Gasteiger partial charge in [-0.1, -0.05) is 41.9 Å². The Balaban J connectivity index is 2.80. The van der Waals surface area contributed by atoms with Crippen LogP contribution in [0.15, 0.2) is 28.7 Å². The van der Waals surface area contributed by atoms with Gasteiger partial charge in [-0.05, 0) is 30.5 Å². The molecule has 1 aromatic rings. The molecule has 1 aromatic carbocycles. The highest BCUT2D eigenvalue weighted by atomic mass is 79.9. The van der Waals surface area contributed by atoms with E-state index in [1.165, 1.54) is 0 Å². The molecule has 0 heterocycles. The number of nitrogens with one attached hydrogen (secondary N) is 2. The topological polar surface area (TPSA) is 64.9 Å². The van der Waals surface area contributed by atoms with E-state index in [4.69, 9.17) is 5.26 Å². The predicted molar refractivity (Wildman–Crippen MR) is 83.0 cm³/mol. The van der Waals surface area contributed by atoms with Crippen LogP contribution >= 0.6 is 15.9 Å². The zero-order valence-corrected chi connectivity index (χ0v) is 13.6. The summed E-state index contributed by atoms with van der Waals surface area (Å²) in [5.74, 6) is 0.142. The molecule has 2 N–H and O–H groups in total. The lowest BCUT2D eigenvalue weighted by Gasteiger charge is -2.35. The van der Waals surface area contributed by atoms with Crippen molar-refractivity contribution < 1.29 is 4.79 Å². The Bertz CT molecular complexity index is 493. The Hall–Kier alpha value is -1.38. The van der Waals surface area contributed by atoms with E-state index in [1.807, 2.05) is 30.3 Å². The van der Waals surface area contributed by atoms with Crippen molar-refractivity contribution >= 4 is 21.8 Å². The second kappa shape index (κ2) is 7.41. The minimum absolute atomic E-state index is 0.0389. The number of carbonyl (C=O) groups excluding carboxylic acids is 1. The minimum Gasteiger partial charge on any atom is -0.342 e. The first-order chi connectivity index (χ1) is 9.40. The Morgan fingerprint density at radius 2 is 2.00 bits per heavy atom. The Kier molecular flexibility index (Phi) is 6.18. The number of rotatable bonds is 6. The number of halogens is 1. The fraction of sp³-hybridized carbons (Fsp3) is 0.467. The lowest BCUT2D eigenvalue weighted by molar-refractivity contribution is -0.120. The third-order valence-corrected chi connectivity index (χ3v) is 4.11. The molecule has 0 fully saturated rings. The largest absolute Gasteiger partial charge is 0.342 e. The van der Waals surface area contributed by atoms with E-state index in [9.17, 15) is 4.79 Å². The molecule has 0 aliphatic heterocycles.